The van der Waals surface area contributed by atoms with Crippen molar-refractivity contribution in [3.8, 4) is 0 Å². The molecule has 0 bridgehead atoms. The highest BCUT2D eigenvalue weighted by Crippen LogP contribution is 2.13. The van der Waals surface area contributed by atoms with Crippen LogP contribution in [0.4, 0.5) is 0 Å². The summed E-state index contributed by atoms with van der Waals surface area (Å²) in [7, 11) is 2.02. The zero-order chi connectivity index (χ0) is 15.9. The van der Waals surface area contributed by atoms with Gasteiger partial charge in [-0.25, -0.2) is 4.79 Å². The Bertz CT molecular complexity index is 621. The first-order valence-corrected chi connectivity index (χ1v) is 8.03. The van der Waals surface area contributed by atoms with Crippen LogP contribution in [0.5, 0.6) is 0 Å². The van der Waals surface area contributed by atoms with Crippen molar-refractivity contribution in [2.24, 2.45) is 0 Å². The molecule has 2 rings (SSSR count). The third-order valence-electron chi connectivity index (χ3n) is 3.23. The minimum atomic E-state index is -0.290. The zero-order valence-electron chi connectivity index (χ0n) is 13.2. The maximum atomic E-state index is 12.1. The largest absolute Gasteiger partial charge is 0.458 e. The van der Waals surface area contributed by atoms with Crippen molar-refractivity contribution in [2.75, 3.05) is 13.6 Å². The first-order chi connectivity index (χ1) is 10.5. The van der Waals surface area contributed by atoms with Crippen molar-refractivity contribution >= 4 is 34.3 Å². The Morgan fingerprint density at radius 2 is 1.87 bits per heavy atom. The Hall–Kier alpha value is -1.36. The summed E-state index contributed by atoms with van der Waals surface area (Å²) in [6.45, 7) is 3.44. The fourth-order valence-electron chi connectivity index (χ4n) is 2.30. The van der Waals surface area contributed by atoms with Crippen LogP contribution in [0.15, 0.2) is 59.1 Å². The topological polar surface area (TPSA) is 29.5 Å². The van der Waals surface area contributed by atoms with Gasteiger partial charge in [0.25, 0.3) is 0 Å². The van der Waals surface area contributed by atoms with Crippen molar-refractivity contribution in [2.45, 2.75) is 19.6 Å². The molecule has 3 nitrogen and oxygen atoms in total. The Morgan fingerprint density at radius 3 is 2.52 bits per heavy atom. The molecule has 2 aromatic carbocycles. The van der Waals surface area contributed by atoms with E-state index in [4.69, 9.17) is 4.74 Å². The molecule has 124 valence electrons. The predicted octanol–water partition coefficient (Wildman–Crippen LogP) is 4.55. The van der Waals surface area contributed by atoms with Crippen molar-refractivity contribution in [1.29, 1.82) is 0 Å². The molecule has 0 aliphatic heterocycles. The molecule has 1 unspecified atom stereocenters. The molecule has 0 aliphatic carbocycles. The summed E-state index contributed by atoms with van der Waals surface area (Å²) in [5, 5.41) is 0. The molecule has 0 spiro atoms. The third kappa shape index (κ3) is 6.73. The molecule has 0 saturated heterocycles. The Kier molecular flexibility index (Phi) is 8.31. The smallest absolute Gasteiger partial charge is 0.338 e. The first kappa shape index (κ1) is 19.7. The summed E-state index contributed by atoms with van der Waals surface area (Å²) in [5.74, 6) is -0.290. The number of benzene rings is 2. The van der Waals surface area contributed by atoms with Crippen LogP contribution >= 0.6 is 28.3 Å². The number of ether oxygens (including phenoxy) is 1. The van der Waals surface area contributed by atoms with E-state index in [9.17, 15) is 4.79 Å². The van der Waals surface area contributed by atoms with Crippen molar-refractivity contribution < 1.29 is 9.53 Å². The van der Waals surface area contributed by atoms with E-state index in [1.807, 2.05) is 44.3 Å². The maximum absolute atomic E-state index is 12.1. The van der Waals surface area contributed by atoms with Crippen molar-refractivity contribution in [1.82, 2.24) is 4.90 Å². The van der Waals surface area contributed by atoms with Gasteiger partial charge < -0.3 is 4.74 Å². The van der Waals surface area contributed by atoms with Gasteiger partial charge in [0.05, 0.1) is 5.56 Å². The number of esters is 1. The minimum absolute atomic E-state index is 0. The zero-order valence-corrected chi connectivity index (χ0v) is 15.6. The van der Waals surface area contributed by atoms with E-state index >= 15 is 0 Å². The Labute approximate surface area is 152 Å². The molecule has 0 aromatic heterocycles. The van der Waals surface area contributed by atoms with Gasteiger partial charge in [-0.3, -0.25) is 4.90 Å². The molecule has 0 aliphatic rings. The summed E-state index contributed by atoms with van der Waals surface area (Å²) in [6.07, 6.45) is -0.166. The lowest BCUT2D eigenvalue weighted by atomic mass is 10.2. The highest BCUT2D eigenvalue weighted by molar-refractivity contribution is 9.10. The second-order valence-electron chi connectivity index (χ2n) is 5.41. The lowest BCUT2D eigenvalue weighted by Crippen LogP contribution is -2.30. The molecule has 0 fully saturated rings. The summed E-state index contributed by atoms with van der Waals surface area (Å²) in [5.41, 5.74) is 1.81. The SMILES string of the molecule is CC(CN(C)Cc1ccccc1)OC(=O)c1cccc(Br)c1.Cl. The van der Waals surface area contributed by atoms with Gasteiger partial charge in [-0.05, 0) is 37.7 Å². The fourth-order valence-corrected chi connectivity index (χ4v) is 2.70. The summed E-state index contributed by atoms with van der Waals surface area (Å²) in [4.78, 5) is 14.2. The summed E-state index contributed by atoms with van der Waals surface area (Å²) < 4.78 is 6.37. The first-order valence-electron chi connectivity index (χ1n) is 7.23. The average molecular weight is 399 g/mol. The molecule has 0 radical (unpaired) electrons. The normalized spacial score (nSPS) is 11.7. The number of likely N-dealkylation sites (N-methyl/N-ethyl adjacent to an activating group) is 1. The molecule has 0 N–H and O–H groups in total. The monoisotopic (exact) mass is 397 g/mol. The molecule has 0 heterocycles. The van der Waals surface area contributed by atoms with Crippen LogP contribution in [0, 0.1) is 0 Å². The number of hydrogen-bond donors (Lipinski definition) is 0. The van der Waals surface area contributed by atoms with Gasteiger partial charge >= 0.3 is 5.97 Å². The van der Waals surface area contributed by atoms with E-state index in [0.29, 0.717) is 12.1 Å². The summed E-state index contributed by atoms with van der Waals surface area (Å²) >= 11 is 3.36. The van der Waals surface area contributed by atoms with Crippen molar-refractivity contribution in [3.63, 3.8) is 0 Å². The van der Waals surface area contributed by atoms with E-state index < -0.39 is 0 Å². The predicted molar refractivity (Wildman–Crippen MR) is 99.0 cm³/mol. The van der Waals surface area contributed by atoms with Crippen LogP contribution in [-0.4, -0.2) is 30.6 Å². The van der Waals surface area contributed by atoms with Gasteiger partial charge in [-0.15, -0.1) is 12.4 Å². The molecular formula is C18H21BrClNO2. The number of carbonyl (C=O) groups is 1. The molecule has 1 atom stereocenters. The van der Waals surface area contributed by atoms with Gasteiger partial charge in [0.15, 0.2) is 0 Å². The second-order valence-corrected chi connectivity index (χ2v) is 6.32. The molecule has 5 heteroatoms. The van der Waals surface area contributed by atoms with Crippen LogP contribution in [0.3, 0.4) is 0 Å². The van der Waals surface area contributed by atoms with Gasteiger partial charge in [0, 0.05) is 17.6 Å². The molecule has 2 aromatic rings. The van der Waals surface area contributed by atoms with E-state index in [0.717, 1.165) is 11.0 Å². The van der Waals surface area contributed by atoms with Crippen LogP contribution < -0.4 is 0 Å². The number of carbonyl (C=O) groups excluding carboxylic acids is 1. The van der Waals surface area contributed by atoms with Gasteiger partial charge in [0.1, 0.15) is 6.10 Å². The number of rotatable bonds is 6. The van der Waals surface area contributed by atoms with Gasteiger partial charge in [-0.1, -0.05) is 52.3 Å². The molecule has 0 saturated carbocycles. The van der Waals surface area contributed by atoms with E-state index in [1.165, 1.54) is 5.56 Å². The number of nitrogens with zero attached hydrogens (tertiary/aromatic N) is 1. The lowest BCUT2D eigenvalue weighted by molar-refractivity contribution is 0.0268. The van der Waals surface area contributed by atoms with E-state index in [2.05, 4.69) is 33.0 Å². The Morgan fingerprint density at radius 1 is 1.17 bits per heavy atom. The quantitative estimate of drug-likeness (QED) is 0.669. The highest BCUT2D eigenvalue weighted by atomic mass is 79.9. The number of hydrogen-bond acceptors (Lipinski definition) is 3. The third-order valence-corrected chi connectivity index (χ3v) is 3.73. The second kappa shape index (κ2) is 9.71. The fraction of sp³-hybridized carbons (Fsp3) is 0.278. The molecule has 0 amide bonds. The van der Waals surface area contributed by atoms with Gasteiger partial charge in [0.2, 0.25) is 0 Å². The Balaban J connectivity index is 0.00000264. The van der Waals surface area contributed by atoms with Crippen LogP contribution in [0.25, 0.3) is 0 Å². The standard InChI is InChI=1S/C18H20BrNO2.ClH/c1-14(12-20(2)13-15-7-4-3-5-8-15)22-18(21)16-9-6-10-17(19)11-16;/h3-11,14H,12-13H2,1-2H3;1H. The van der Waals surface area contributed by atoms with Gasteiger partial charge in [-0.2, -0.15) is 0 Å². The van der Waals surface area contributed by atoms with Crippen LogP contribution in [0.1, 0.15) is 22.8 Å². The molecule has 23 heavy (non-hydrogen) atoms. The molecular weight excluding hydrogens is 378 g/mol. The average Bonchev–Trinajstić information content (AvgIpc) is 2.47. The van der Waals surface area contributed by atoms with Crippen LogP contribution in [-0.2, 0) is 11.3 Å². The lowest BCUT2D eigenvalue weighted by Gasteiger charge is -2.21. The summed E-state index contributed by atoms with van der Waals surface area (Å²) in [6, 6.07) is 17.5. The van der Waals surface area contributed by atoms with E-state index in [1.54, 1.807) is 12.1 Å². The number of halogens is 2. The maximum Gasteiger partial charge on any atom is 0.338 e. The minimum Gasteiger partial charge on any atom is -0.458 e. The van der Waals surface area contributed by atoms with E-state index in [-0.39, 0.29) is 24.5 Å². The highest BCUT2D eigenvalue weighted by Gasteiger charge is 2.14. The van der Waals surface area contributed by atoms with Crippen LogP contribution in [0.2, 0.25) is 0 Å². The van der Waals surface area contributed by atoms with Crippen molar-refractivity contribution in [3.05, 3.63) is 70.2 Å².